The number of rotatable bonds is 3. The molecule has 6 nitrogen and oxygen atoms in total. The Morgan fingerprint density at radius 1 is 1.60 bits per heavy atom. The van der Waals surface area contributed by atoms with Crippen molar-refractivity contribution < 1.29 is 9.90 Å². The first-order valence-corrected chi connectivity index (χ1v) is 7.34. The zero-order valence-corrected chi connectivity index (χ0v) is 11.9. The standard InChI is InChI=1S/C13H15N3O3S/c1-8-7-20-13-14-10(4-11(17)16(8)13)6-15-3-2-9(5-15)12(18)19/h4,7,9H,2-3,5-6H2,1H3,(H,18,19). The van der Waals surface area contributed by atoms with Gasteiger partial charge in [0.05, 0.1) is 11.6 Å². The van der Waals surface area contributed by atoms with Gasteiger partial charge < -0.3 is 5.11 Å². The Morgan fingerprint density at radius 3 is 3.10 bits per heavy atom. The van der Waals surface area contributed by atoms with Crippen LogP contribution < -0.4 is 5.56 Å². The molecule has 0 spiro atoms. The van der Waals surface area contributed by atoms with Crippen molar-refractivity contribution in [2.75, 3.05) is 13.1 Å². The van der Waals surface area contributed by atoms with Gasteiger partial charge >= 0.3 is 5.97 Å². The van der Waals surface area contributed by atoms with Crippen molar-refractivity contribution >= 4 is 22.3 Å². The van der Waals surface area contributed by atoms with Crippen LogP contribution in [0.3, 0.4) is 0 Å². The maximum atomic E-state index is 12.0. The lowest BCUT2D eigenvalue weighted by atomic mass is 10.1. The molecule has 20 heavy (non-hydrogen) atoms. The van der Waals surface area contributed by atoms with Crippen molar-refractivity contribution in [1.29, 1.82) is 0 Å². The lowest BCUT2D eigenvalue weighted by Crippen LogP contribution is -2.25. The zero-order chi connectivity index (χ0) is 14.3. The van der Waals surface area contributed by atoms with Crippen molar-refractivity contribution in [1.82, 2.24) is 14.3 Å². The van der Waals surface area contributed by atoms with E-state index in [9.17, 15) is 9.59 Å². The van der Waals surface area contributed by atoms with Crippen molar-refractivity contribution in [3.8, 4) is 0 Å². The quantitative estimate of drug-likeness (QED) is 0.912. The highest BCUT2D eigenvalue weighted by Crippen LogP contribution is 2.19. The maximum absolute atomic E-state index is 12.0. The Morgan fingerprint density at radius 2 is 2.40 bits per heavy atom. The van der Waals surface area contributed by atoms with Gasteiger partial charge in [0.1, 0.15) is 0 Å². The number of aliphatic carboxylic acids is 1. The van der Waals surface area contributed by atoms with Crippen LogP contribution in [0.25, 0.3) is 4.96 Å². The van der Waals surface area contributed by atoms with Crippen LogP contribution in [0.5, 0.6) is 0 Å². The summed E-state index contributed by atoms with van der Waals surface area (Å²) < 4.78 is 1.60. The molecule has 106 valence electrons. The largest absolute Gasteiger partial charge is 0.481 e. The molecule has 0 amide bonds. The third-order valence-corrected chi connectivity index (χ3v) is 4.58. The number of carboxylic acid groups (broad SMARTS) is 1. The summed E-state index contributed by atoms with van der Waals surface area (Å²) in [5.74, 6) is -1.05. The van der Waals surface area contributed by atoms with Gasteiger partial charge in [-0.05, 0) is 19.9 Å². The molecule has 0 saturated carbocycles. The summed E-state index contributed by atoms with van der Waals surface area (Å²) >= 11 is 1.44. The Bertz CT molecular complexity index is 721. The summed E-state index contributed by atoms with van der Waals surface area (Å²) in [6.45, 7) is 3.68. The molecule has 1 saturated heterocycles. The molecule has 0 radical (unpaired) electrons. The number of thiazole rings is 1. The SMILES string of the molecule is Cc1csc2nc(CN3CCC(C(=O)O)C3)cc(=O)n12. The normalized spacial score (nSPS) is 19.8. The first-order valence-electron chi connectivity index (χ1n) is 6.46. The highest BCUT2D eigenvalue weighted by Gasteiger charge is 2.28. The number of carboxylic acids is 1. The van der Waals surface area contributed by atoms with Crippen LogP contribution in [-0.4, -0.2) is 38.4 Å². The molecule has 1 aliphatic heterocycles. The molecule has 1 N–H and O–H groups in total. The fourth-order valence-corrected chi connectivity index (χ4v) is 3.48. The summed E-state index contributed by atoms with van der Waals surface area (Å²) in [6, 6.07) is 1.54. The van der Waals surface area contributed by atoms with E-state index in [4.69, 9.17) is 5.11 Å². The monoisotopic (exact) mass is 293 g/mol. The number of fused-ring (bicyclic) bond motifs is 1. The molecule has 1 unspecified atom stereocenters. The Labute approximate surface area is 119 Å². The van der Waals surface area contributed by atoms with Gasteiger partial charge in [0.25, 0.3) is 5.56 Å². The molecule has 1 fully saturated rings. The van der Waals surface area contributed by atoms with Gasteiger partial charge in [-0.3, -0.25) is 18.9 Å². The fraction of sp³-hybridized carbons (Fsp3) is 0.462. The highest BCUT2D eigenvalue weighted by molar-refractivity contribution is 7.15. The first kappa shape index (κ1) is 13.3. The van der Waals surface area contributed by atoms with Gasteiger partial charge in [-0.2, -0.15) is 0 Å². The number of carbonyl (C=O) groups is 1. The lowest BCUT2D eigenvalue weighted by molar-refractivity contribution is -0.141. The minimum atomic E-state index is -0.745. The van der Waals surface area contributed by atoms with Gasteiger partial charge in [-0.15, -0.1) is 11.3 Å². The number of hydrogen-bond donors (Lipinski definition) is 1. The Hall–Kier alpha value is -1.73. The average Bonchev–Trinajstić information content (AvgIpc) is 2.97. The van der Waals surface area contributed by atoms with Crippen LogP contribution >= 0.6 is 11.3 Å². The van der Waals surface area contributed by atoms with Crippen LogP contribution in [-0.2, 0) is 11.3 Å². The van der Waals surface area contributed by atoms with Crippen LogP contribution in [0.15, 0.2) is 16.2 Å². The van der Waals surface area contributed by atoms with Gasteiger partial charge in [0, 0.05) is 30.2 Å². The van der Waals surface area contributed by atoms with Crippen molar-refractivity contribution in [3.05, 3.63) is 33.2 Å². The van der Waals surface area contributed by atoms with Crippen LogP contribution in [0, 0.1) is 12.8 Å². The molecule has 0 aromatic carbocycles. The third-order valence-electron chi connectivity index (χ3n) is 3.64. The summed E-state index contributed by atoms with van der Waals surface area (Å²) in [4.78, 5) is 30.2. The summed E-state index contributed by atoms with van der Waals surface area (Å²) in [5.41, 5.74) is 1.53. The number of likely N-dealkylation sites (tertiary alicyclic amines) is 1. The molecular formula is C13H15N3O3S. The van der Waals surface area contributed by atoms with E-state index in [0.717, 1.165) is 12.2 Å². The smallest absolute Gasteiger partial charge is 0.307 e. The second kappa shape index (κ2) is 4.99. The number of hydrogen-bond acceptors (Lipinski definition) is 5. The first-order chi connectivity index (χ1) is 9.54. The number of aryl methyl sites for hydroxylation is 1. The summed E-state index contributed by atoms with van der Waals surface area (Å²) in [7, 11) is 0. The average molecular weight is 293 g/mol. The summed E-state index contributed by atoms with van der Waals surface area (Å²) in [6.07, 6.45) is 0.661. The Balaban J connectivity index is 1.82. The number of nitrogens with zero attached hydrogens (tertiary/aromatic N) is 3. The molecule has 2 aromatic rings. The molecule has 2 aromatic heterocycles. The fourth-order valence-electron chi connectivity index (χ4n) is 2.59. The molecule has 7 heteroatoms. The summed E-state index contributed by atoms with van der Waals surface area (Å²) in [5, 5.41) is 10.9. The van der Waals surface area contributed by atoms with Crippen LogP contribution in [0.4, 0.5) is 0 Å². The zero-order valence-electron chi connectivity index (χ0n) is 11.1. The van der Waals surface area contributed by atoms with Gasteiger partial charge in [0.15, 0.2) is 4.96 Å². The van der Waals surface area contributed by atoms with E-state index in [1.165, 1.54) is 11.3 Å². The predicted molar refractivity (Wildman–Crippen MR) is 75.1 cm³/mol. The van der Waals surface area contributed by atoms with E-state index in [1.54, 1.807) is 10.5 Å². The minimum absolute atomic E-state index is 0.0715. The van der Waals surface area contributed by atoms with Crippen molar-refractivity contribution in [3.63, 3.8) is 0 Å². The van der Waals surface area contributed by atoms with Gasteiger partial charge in [-0.1, -0.05) is 0 Å². The number of aromatic nitrogens is 2. The predicted octanol–water partition coefficient (Wildman–Crippen LogP) is 0.971. The van der Waals surface area contributed by atoms with E-state index in [-0.39, 0.29) is 11.5 Å². The highest BCUT2D eigenvalue weighted by atomic mass is 32.1. The topological polar surface area (TPSA) is 74.9 Å². The van der Waals surface area contributed by atoms with E-state index >= 15 is 0 Å². The van der Waals surface area contributed by atoms with E-state index in [1.807, 2.05) is 17.2 Å². The van der Waals surface area contributed by atoms with Crippen molar-refractivity contribution in [2.24, 2.45) is 5.92 Å². The molecular weight excluding hydrogens is 278 g/mol. The van der Waals surface area contributed by atoms with Gasteiger partial charge in [0.2, 0.25) is 0 Å². The lowest BCUT2D eigenvalue weighted by Gasteiger charge is -2.14. The molecule has 1 aliphatic rings. The maximum Gasteiger partial charge on any atom is 0.307 e. The minimum Gasteiger partial charge on any atom is -0.481 e. The van der Waals surface area contributed by atoms with E-state index in [0.29, 0.717) is 30.2 Å². The van der Waals surface area contributed by atoms with Gasteiger partial charge in [-0.25, -0.2) is 4.98 Å². The van der Waals surface area contributed by atoms with Crippen LogP contribution in [0.1, 0.15) is 17.8 Å². The Kier molecular flexibility index (Phi) is 3.31. The third kappa shape index (κ3) is 2.34. The van der Waals surface area contributed by atoms with Crippen LogP contribution in [0.2, 0.25) is 0 Å². The second-order valence-electron chi connectivity index (χ2n) is 5.14. The molecule has 0 aliphatic carbocycles. The molecule has 1 atom stereocenters. The second-order valence-corrected chi connectivity index (χ2v) is 5.98. The van der Waals surface area contributed by atoms with Crippen molar-refractivity contribution in [2.45, 2.75) is 19.9 Å². The molecule has 0 bridgehead atoms. The van der Waals surface area contributed by atoms with E-state index < -0.39 is 5.97 Å². The molecule has 3 heterocycles. The molecule has 3 rings (SSSR count). The van der Waals surface area contributed by atoms with E-state index in [2.05, 4.69) is 4.98 Å².